The molecule has 2 heterocycles. The Hall–Kier alpha value is -3.38. The van der Waals surface area contributed by atoms with E-state index in [4.69, 9.17) is 13.9 Å². The van der Waals surface area contributed by atoms with Crippen LogP contribution in [0.25, 0.3) is 0 Å². The van der Waals surface area contributed by atoms with Crippen molar-refractivity contribution >= 4 is 27.9 Å². The van der Waals surface area contributed by atoms with E-state index in [1.807, 2.05) is 5.32 Å². The maximum atomic E-state index is 13.2. The van der Waals surface area contributed by atoms with Gasteiger partial charge in [0.1, 0.15) is 16.4 Å². The fourth-order valence-corrected chi connectivity index (χ4v) is 5.13. The van der Waals surface area contributed by atoms with E-state index >= 15 is 0 Å². The number of rotatable bonds is 8. The van der Waals surface area contributed by atoms with Gasteiger partial charge in [-0.15, -0.1) is 0 Å². The van der Waals surface area contributed by atoms with Crippen LogP contribution in [-0.4, -0.2) is 57.4 Å². The number of amides is 3. The van der Waals surface area contributed by atoms with Crippen molar-refractivity contribution in [2.45, 2.75) is 37.1 Å². The van der Waals surface area contributed by atoms with Gasteiger partial charge in [-0.1, -0.05) is 12.8 Å². The van der Waals surface area contributed by atoms with E-state index in [0.717, 1.165) is 25.7 Å². The number of imide groups is 1. The second-order valence-corrected chi connectivity index (χ2v) is 9.48. The third kappa shape index (κ3) is 6.58. The summed E-state index contributed by atoms with van der Waals surface area (Å²) in [5, 5.41) is 4.44. The number of hydrogen-bond acceptors (Lipinski definition) is 8. The first-order valence-electron chi connectivity index (χ1n) is 10.8. The Balaban J connectivity index is 1.61. The molecule has 1 fully saturated rings. The van der Waals surface area contributed by atoms with Crippen LogP contribution in [-0.2, 0) is 26.1 Å². The van der Waals surface area contributed by atoms with Gasteiger partial charge >= 0.3 is 12.0 Å². The van der Waals surface area contributed by atoms with Crippen molar-refractivity contribution in [2.24, 2.45) is 0 Å². The average molecular weight is 494 g/mol. The van der Waals surface area contributed by atoms with Gasteiger partial charge in [0.15, 0.2) is 6.61 Å². The monoisotopic (exact) mass is 493 g/mol. The summed E-state index contributed by atoms with van der Waals surface area (Å²) in [5.41, 5.74) is -0.0655. The number of nitrogens with one attached hydrogen (secondary N) is 2. The van der Waals surface area contributed by atoms with Crippen molar-refractivity contribution in [2.75, 3.05) is 26.8 Å². The van der Waals surface area contributed by atoms with Crippen molar-refractivity contribution in [3.63, 3.8) is 0 Å². The molecule has 1 saturated heterocycles. The van der Waals surface area contributed by atoms with Crippen LogP contribution in [0.15, 0.2) is 45.9 Å². The molecule has 11 nitrogen and oxygen atoms in total. The lowest BCUT2D eigenvalue weighted by Crippen LogP contribution is -2.41. The molecule has 0 spiro atoms. The van der Waals surface area contributed by atoms with Crippen LogP contribution >= 0.6 is 0 Å². The number of carbonyl (C=O) groups is 3. The fourth-order valence-electron chi connectivity index (χ4n) is 3.43. The van der Waals surface area contributed by atoms with Crippen LogP contribution in [0.1, 0.15) is 41.8 Å². The number of methoxy groups -OCH3 is 1. The molecule has 0 unspecified atom stereocenters. The number of hydrogen-bond donors (Lipinski definition) is 2. The third-order valence-corrected chi connectivity index (χ3v) is 7.09. The normalized spacial score (nSPS) is 14.6. The minimum Gasteiger partial charge on any atom is -0.495 e. The summed E-state index contributed by atoms with van der Waals surface area (Å²) in [6.07, 6.45) is 4.88. The van der Waals surface area contributed by atoms with Gasteiger partial charge < -0.3 is 19.2 Å². The molecule has 12 heteroatoms. The van der Waals surface area contributed by atoms with Gasteiger partial charge in [-0.05, 0) is 43.2 Å². The van der Waals surface area contributed by atoms with Gasteiger partial charge in [-0.3, -0.25) is 10.1 Å². The van der Waals surface area contributed by atoms with Crippen molar-refractivity contribution < 1.29 is 36.7 Å². The lowest BCUT2D eigenvalue weighted by molar-refractivity contribution is -0.123. The smallest absolute Gasteiger partial charge is 0.338 e. The quantitative estimate of drug-likeness (QED) is 0.532. The van der Waals surface area contributed by atoms with Crippen molar-refractivity contribution in [3.8, 4) is 5.75 Å². The molecule has 1 aliphatic rings. The SMILES string of the molecule is COc1ccc(C(=O)OCC(=O)NC(=O)NCc2ccco2)cc1S(=O)(=O)N1CCCCCC1. The molecule has 2 aromatic rings. The maximum absolute atomic E-state index is 13.2. The van der Waals surface area contributed by atoms with Gasteiger partial charge in [0, 0.05) is 13.1 Å². The van der Waals surface area contributed by atoms with Crippen molar-refractivity contribution in [1.82, 2.24) is 14.9 Å². The number of benzene rings is 1. The van der Waals surface area contributed by atoms with Crippen LogP contribution in [0.4, 0.5) is 4.79 Å². The summed E-state index contributed by atoms with van der Waals surface area (Å²) in [6.45, 7) is 0.129. The molecule has 34 heavy (non-hydrogen) atoms. The molecule has 1 aromatic heterocycles. The molecular formula is C22H27N3O8S. The highest BCUT2D eigenvalue weighted by atomic mass is 32.2. The Bertz CT molecular complexity index is 1110. The Morgan fingerprint density at radius 3 is 2.47 bits per heavy atom. The first kappa shape index (κ1) is 25.2. The standard InChI is InChI=1S/C22H27N3O8S/c1-31-18-9-8-16(13-19(18)34(29,30)25-10-4-2-3-5-11-25)21(27)33-15-20(26)24-22(28)23-14-17-7-6-12-32-17/h6-9,12-13H,2-5,10-11,14-15H2,1H3,(H2,23,24,26,28). The molecule has 3 rings (SSSR count). The Morgan fingerprint density at radius 1 is 1.09 bits per heavy atom. The van der Waals surface area contributed by atoms with Crippen molar-refractivity contribution in [1.29, 1.82) is 0 Å². The lowest BCUT2D eigenvalue weighted by Gasteiger charge is -2.21. The second-order valence-electron chi connectivity index (χ2n) is 7.57. The maximum Gasteiger partial charge on any atom is 0.338 e. The van der Waals surface area contributed by atoms with Gasteiger partial charge in [-0.2, -0.15) is 4.31 Å². The molecule has 3 amide bonds. The zero-order chi connectivity index (χ0) is 24.6. The second kappa shape index (κ2) is 11.7. The third-order valence-electron chi connectivity index (χ3n) is 5.17. The van der Waals surface area contributed by atoms with Crippen LogP contribution in [0.3, 0.4) is 0 Å². The Kier molecular flexibility index (Phi) is 8.66. The lowest BCUT2D eigenvalue weighted by atomic mass is 10.2. The van der Waals surface area contributed by atoms with Crippen LogP contribution < -0.4 is 15.4 Å². The molecule has 0 radical (unpaired) electrons. The number of carbonyl (C=O) groups excluding carboxylic acids is 3. The predicted octanol–water partition coefficient (Wildman–Crippen LogP) is 2.04. The first-order valence-corrected chi connectivity index (χ1v) is 12.2. The summed E-state index contributed by atoms with van der Waals surface area (Å²) in [5.74, 6) is -1.16. The van der Waals surface area contributed by atoms with Crippen LogP contribution in [0.5, 0.6) is 5.75 Å². The number of urea groups is 1. The van der Waals surface area contributed by atoms with Gasteiger partial charge in [0.25, 0.3) is 5.91 Å². The number of nitrogens with zero attached hydrogens (tertiary/aromatic N) is 1. The molecule has 0 aliphatic carbocycles. The van der Waals surface area contributed by atoms with E-state index in [1.54, 1.807) is 12.1 Å². The summed E-state index contributed by atoms with van der Waals surface area (Å²) < 4.78 is 43.0. The summed E-state index contributed by atoms with van der Waals surface area (Å²) in [6, 6.07) is 6.41. The minimum absolute atomic E-state index is 0.0655. The van der Waals surface area contributed by atoms with E-state index in [1.165, 1.54) is 35.9 Å². The van der Waals surface area contributed by atoms with Crippen LogP contribution in [0.2, 0.25) is 0 Å². The van der Waals surface area contributed by atoms with Gasteiger partial charge in [0.2, 0.25) is 10.0 Å². The average Bonchev–Trinajstić information content (AvgIpc) is 3.20. The number of esters is 1. The number of ether oxygens (including phenoxy) is 2. The van der Waals surface area contributed by atoms with Gasteiger partial charge in [0.05, 0.1) is 25.5 Å². The molecule has 184 valence electrons. The molecular weight excluding hydrogens is 466 g/mol. The molecule has 2 N–H and O–H groups in total. The topological polar surface area (TPSA) is 144 Å². The first-order chi connectivity index (χ1) is 16.3. The van der Waals surface area contributed by atoms with Crippen molar-refractivity contribution in [3.05, 3.63) is 47.9 Å². The van der Waals surface area contributed by atoms with Gasteiger partial charge in [-0.25, -0.2) is 18.0 Å². The zero-order valence-corrected chi connectivity index (χ0v) is 19.6. The fraction of sp³-hybridized carbons (Fsp3) is 0.409. The summed E-state index contributed by atoms with van der Waals surface area (Å²) >= 11 is 0. The highest BCUT2D eigenvalue weighted by Crippen LogP contribution is 2.29. The summed E-state index contributed by atoms with van der Waals surface area (Å²) in [4.78, 5) is 36.0. The van der Waals surface area contributed by atoms with Crippen LogP contribution in [0, 0.1) is 0 Å². The predicted molar refractivity (Wildman–Crippen MR) is 120 cm³/mol. The Morgan fingerprint density at radius 2 is 1.82 bits per heavy atom. The van der Waals surface area contributed by atoms with E-state index in [0.29, 0.717) is 18.8 Å². The molecule has 0 bridgehead atoms. The molecule has 1 aliphatic heterocycles. The molecule has 1 aromatic carbocycles. The highest BCUT2D eigenvalue weighted by Gasteiger charge is 2.29. The minimum atomic E-state index is -3.90. The molecule has 0 saturated carbocycles. The number of sulfonamides is 1. The van der Waals surface area contributed by atoms with E-state index in [-0.39, 0.29) is 22.8 Å². The molecule has 0 atom stereocenters. The number of furan rings is 1. The largest absolute Gasteiger partial charge is 0.495 e. The zero-order valence-electron chi connectivity index (χ0n) is 18.7. The van der Waals surface area contributed by atoms with E-state index in [2.05, 4.69) is 5.32 Å². The summed E-state index contributed by atoms with van der Waals surface area (Å²) in [7, 11) is -2.55. The highest BCUT2D eigenvalue weighted by molar-refractivity contribution is 7.89. The Labute approximate surface area is 197 Å². The van der Waals surface area contributed by atoms with E-state index < -0.39 is 34.5 Å². The van der Waals surface area contributed by atoms with E-state index in [9.17, 15) is 22.8 Å².